The molecule has 0 unspecified atom stereocenters. The molecule has 1 atom stereocenters. The number of aromatic hydroxyl groups is 1. The van der Waals surface area contributed by atoms with Crippen molar-refractivity contribution in [2.75, 3.05) is 37.6 Å². The van der Waals surface area contributed by atoms with Gasteiger partial charge in [-0.05, 0) is 61.7 Å². The van der Waals surface area contributed by atoms with Crippen molar-refractivity contribution in [2.24, 2.45) is 0 Å². The van der Waals surface area contributed by atoms with Crippen molar-refractivity contribution in [3.8, 4) is 5.75 Å². The van der Waals surface area contributed by atoms with Crippen molar-refractivity contribution in [1.29, 1.82) is 0 Å². The second-order valence-electron chi connectivity index (χ2n) is 7.56. The number of quaternary nitrogens is 1. The van der Waals surface area contributed by atoms with E-state index in [4.69, 9.17) is 0 Å². The highest BCUT2D eigenvalue weighted by Gasteiger charge is 2.23. The minimum atomic E-state index is 0.0227. The van der Waals surface area contributed by atoms with Gasteiger partial charge in [-0.15, -0.1) is 0 Å². The van der Waals surface area contributed by atoms with E-state index in [2.05, 4.69) is 42.3 Å². The van der Waals surface area contributed by atoms with Gasteiger partial charge in [0.25, 0.3) is 5.91 Å². The number of hydrogen-bond acceptors (Lipinski definition) is 3. The average molecular weight is 369 g/mol. The van der Waals surface area contributed by atoms with Gasteiger partial charge in [0.2, 0.25) is 0 Å². The Labute approximate surface area is 161 Å². The summed E-state index contributed by atoms with van der Waals surface area (Å²) in [5, 5.41) is 12.6. The van der Waals surface area contributed by atoms with Crippen LogP contribution < -0.4 is 15.1 Å². The Morgan fingerprint density at radius 1 is 1.11 bits per heavy atom. The first-order valence-electron chi connectivity index (χ1n) is 9.66. The average Bonchev–Trinajstić information content (AvgIpc) is 2.65. The lowest BCUT2D eigenvalue weighted by Gasteiger charge is -2.33. The minimum absolute atomic E-state index is 0.0227. The second kappa shape index (κ2) is 8.44. The number of piperazine rings is 1. The third-order valence-electron chi connectivity index (χ3n) is 5.50. The summed E-state index contributed by atoms with van der Waals surface area (Å²) in [4.78, 5) is 16.1. The number of aryl methyl sites for hydroxylation is 2. The van der Waals surface area contributed by atoms with Gasteiger partial charge in [-0.25, -0.2) is 0 Å². The van der Waals surface area contributed by atoms with Gasteiger partial charge in [0.15, 0.2) is 6.54 Å². The highest BCUT2D eigenvalue weighted by molar-refractivity contribution is 5.77. The topological polar surface area (TPSA) is 57.0 Å². The molecule has 5 nitrogen and oxygen atoms in total. The van der Waals surface area contributed by atoms with Crippen molar-refractivity contribution < 1.29 is 14.8 Å². The lowest BCUT2D eigenvalue weighted by atomic mass is 10.0. The van der Waals surface area contributed by atoms with Gasteiger partial charge >= 0.3 is 0 Å². The van der Waals surface area contributed by atoms with E-state index < -0.39 is 0 Å². The molecule has 0 bridgehead atoms. The third-order valence-corrected chi connectivity index (χ3v) is 5.50. The molecule has 2 aromatic rings. The third kappa shape index (κ3) is 5.01. The van der Waals surface area contributed by atoms with E-state index in [1.165, 1.54) is 16.0 Å². The Morgan fingerprint density at radius 2 is 1.78 bits per heavy atom. The van der Waals surface area contributed by atoms with E-state index in [-0.39, 0.29) is 17.7 Å². The van der Waals surface area contributed by atoms with Crippen LogP contribution in [-0.2, 0) is 4.79 Å². The summed E-state index contributed by atoms with van der Waals surface area (Å²) in [7, 11) is 0. The molecule has 0 spiro atoms. The number of rotatable bonds is 5. The first-order valence-corrected chi connectivity index (χ1v) is 9.66. The van der Waals surface area contributed by atoms with Crippen LogP contribution in [0.2, 0.25) is 0 Å². The Kier molecular flexibility index (Phi) is 6.01. The SMILES string of the molecule is Cc1ccc([C@H](C)NC(=O)C[NH+]2CCN(c3ccc(O)cc3)CC2)cc1C. The summed E-state index contributed by atoms with van der Waals surface area (Å²) in [5.74, 6) is 0.395. The fourth-order valence-corrected chi connectivity index (χ4v) is 3.56. The van der Waals surface area contributed by atoms with Gasteiger partial charge in [0, 0.05) is 5.69 Å². The number of nitrogens with one attached hydrogen (secondary N) is 2. The van der Waals surface area contributed by atoms with Crippen LogP contribution in [0.5, 0.6) is 5.75 Å². The Bertz CT molecular complexity index is 781. The van der Waals surface area contributed by atoms with Crippen LogP contribution >= 0.6 is 0 Å². The van der Waals surface area contributed by atoms with Crippen LogP contribution in [-0.4, -0.2) is 43.7 Å². The molecule has 3 N–H and O–H groups in total. The predicted octanol–water partition coefficient (Wildman–Crippen LogP) is 1.59. The Balaban J connectivity index is 1.47. The zero-order valence-corrected chi connectivity index (χ0v) is 16.5. The van der Waals surface area contributed by atoms with Crippen LogP contribution in [0.25, 0.3) is 0 Å². The van der Waals surface area contributed by atoms with Crippen molar-refractivity contribution in [3.05, 3.63) is 59.2 Å². The normalized spacial score (nSPS) is 16.2. The zero-order valence-electron chi connectivity index (χ0n) is 16.5. The van der Waals surface area contributed by atoms with E-state index in [9.17, 15) is 9.90 Å². The van der Waals surface area contributed by atoms with E-state index >= 15 is 0 Å². The Morgan fingerprint density at radius 3 is 2.41 bits per heavy atom. The fourth-order valence-electron chi connectivity index (χ4n) is 3.56. The predicted molar refractivity (Wildman–Crippen MR) is 108 cm³/mol. The van der Waals surface area contributed by atoms with Crippen LogP contribution in [0.4, 0.5) is 5.69 Å². The highest BCUT2D eigenvalue weighted by atomic mass is 16.3. The number of phenolic OH excluding ortho intramolecular Hbond substituents is 1. The number of anilines is 1. The lowest BCUT2D eigenvalue weighted by molar-refractivity contribution is -0.892. The fraction of sp³-hybridized carbons (Fsp3) is 0.409. The number of phenols is 1. The number of carbonyl (C=O) groups excluding carboxylic acids is 1. The molecule has 3 rings (SSSR count). The molecule has 5 heteroatoms. The molecule has 1 aliphatic heterocycles. The maximum absolute atomic E-state index is 12.5. The maximum Gasteiger partial charge on any atom is 0.275 e. The van der Waals surface area contributed by atoms with Gasteiger partial charge in [0.05, 0.1) is 32.2 Å². The summed E-state index contributed by atoms with van der Waals surface area (Å²) < 4.78 is 0. The molecular formula is C22H30N3O2+. The highest BCUT2D eigenvalue weighted by Crippen LogP contribution is 2.18. The standard InChI is InChI=1S/C22H29N3O2/c1-16-4-5-19(14-17(16)2)18(3)23-22(27)15-24-10-12-25(13-11-24)20-6-8-21(26)9-7-20/h4-9,14,18,26H,10-13,15H2,1-3H3,(H,23,27)/p+1/t18-/m0/s1. The molecule has 1 amide bonds. The smallest absolute Gasteiger partial charge is 0.275 e. The molecular weight excluding hydrogens is 338 g/mol. The van der Waals surface area contributed by atoms with Crippen molar-refractivity contribution >= 4 is 11.6 Å². The summed E-state index contributed by atoms with van der Waals surface area (Å²) in [6, 6.07) is 13.7. The summed E-state index contributed by atoms with van der Waals surface area (Å²) in [6.07, 6.45) is 0. The van der Waals surface area contributed by atoms with E-state index in [1.54, 1.807) is 12.1 Å². The van der Waals surface area contributed by atoms with Gasteiger partial charge in [0.1, 0.15) is 5.75 Å². The van der Waals surface area contributed by atoms with E-state index in [0.29, 0.717) is 6.54 Å². The lowest BCUT2D eigenvalue weighted by Crippen LogP contribution is -3.15. The number of carbonyl (C=O) groups is 1. The molecule has 0 aromatic heterocycles. The number of nitrogens with zero attached hydrogens (tertiary/aromatic N) is 1. The van der Waals surface area contributed by atoms with Gasteiger partial charge in [-0.2, -0.15) is 0 Å². The monoisotopic (exact) mass is 368 g/mol. The molecule has 0 aliphatic carbocycles. The molecule has 1 aliphatic rings. The molecule has 0 saturated carbocycles. The largest absolute Gasteiger partial charge is 0.508 e. The van der Waals surface area contributed by atoms with Crippen LogP contribution in [0, 0.1) is 13.8 Å². The number of hydrogen-bond donors (Lipinski definition) is 3. The minimum Gasteiger partial charge on any atom is -0.508 e. The first-order chi connectivity index (χ1) is 12.9. The molecule has 1 heterocycles. The molecule has 2 aromatic carbocycles. The number of amides is 1. The molecule has 0 radical (unpaired) electrons. The molecule has 144 valence electrons. The van der Waals surface area contributed by atoms with Gasteiger partial charge < -0.3 is 20.2 Å². The molecule has 27 heavy (non-hydrogen) atoms. The van der Waals surface area contributed by atoms with Gasteiger partial charge in [-0.1, -0.05) is 18.2 Å². The Hall–Kier alpha value is -2.53. The van der Waals surface area contributed by atoms with Crippen molar-refractivity contribution in [2.45, 2.75) is 26.8 Å². The summed E-state index contributed by atoms with van der Waals surface area (Å²) in [5.41, 5.74) is 4.80. The van der Waals surface area contributed by atoms with Crippen LogP contribution in [0.15, 0.2) is 42.5 Å². The second-order valence-corrected chi connectivity index (χ2v) is 7.56. The summed E-state index contributed by atoms with van der Waals surface area (Å²) >= 11 is 0. The zero-order chi connectivity index (χ0) is 19.4. The van der Waals surface area contributed by atoms with E-state index in [1.807, 2.05) is 19.1 Å². The number of benzene rings is 2. The summed E-state index contributed by atoms with van der Waals surface area (Å²) in [6.45, 7) is 10.5. The molecule has 1 saturated heterocycles. The van der Waals surface area contributed by atoms with Gasteiger partial charge in [-0.3, -0.25) is 4.79 Å². The maximum atomic E-state index is 12.5. The van der Waals surface area contributed by atoms with E-state index in [0.717, 1.165) is 37.4 Å². The van der Waals surface area contributed by atoms with Crippen molar-refractivity contribution in [1.82, 2.24) is 5.32 Å². The van der Waals surface area contributed by atoms with Crippen LogP contribution in [0.1, 0.15) is 29.7 Å². The van der Waals surface area contributed by atoms with Crippen LogP contribution in [0.3, 0.4) is 0 Å². The molecule has 1 fully saturated rings. The van der Waals surface area contributed by atoms with Crippen molar-refractivity contribution in [3.63, 3.8) is 0 Å². The quantitative estimate of drug-likeness (QED) is 0.751. The first kappa shape index (κ1) is 19.2.